The number of hydrogen-bond donors (Lipinski definition) is 1. The molecule has 1 N–H and O–H groups in total. The van der Waals surface area contributed by atoms with Crippen molar-refractivity contribution in [3.8, 4) is 5.75 Å². The zero-order valence-corrected chi connectivity index (χ0v) is 13.5. The molecule has 0 radical (unpaired) electrons. The largest absolute Gasteiger partial charge is 1.00 e. The van der Waals surface area contributed by atoms with E-state index in [1.165, 1.54) is 11.1 Å². The molecule has 3 nitrogen and oxygen atoms in total. The summed E-state index contributed by atoms with van der Waals surface area (Å²) < 4.78 is 11.1. The predicted octanol–water partition coefficient (Wildman–Crippen LogP) is 1.15. The summed E-state index contributed by atoms with van der Waals surface area (Å²) in [7, 11) is 0. The van der Waals surface area contributed by atoms with Crippen molar-refractivity contribution in [3.05, 3.63) is 89.9 Å². The monoisotopic (exact) mass is 328 g/mol. The summed E-state index contributed by atoms with van der Waals surface area (Å²) >= 11 is 0. The van der Waals surface area contributed by atoms with Gasteiger partial charge in [-0.25, -0.2) is 0 Å². The molecule has 0 aliphatic heterocycles. The van der Waals surface area contributed by atoms with Crippen molar-refractivity contribution in [1.29, 1.82) is 0 Å². The van der Waals surface area contributed by atoms with Crippen LogP contribution in [0.5, 0.6) is 5.75 Å². The first kappa shape index (κ1) is 17.1. The van der Waals surface area contributed by atoms with Crippen LogP contribution in [-0.2, 0) is 19.7 Å². The van der Waals surface area contributed by atoms with Crippen molar-refractivity contribution in [2.45, 2.75) is 19.7 Å². The molecule has 0 saturated carbocycles. The molecular formula is C19H19ClNO2-. The van der Waals surface area contributed by atoms with Crippen LogP contribution in [0.15, 0.2) is 77.4 Å². The molecule has 0 spiro atoms. The van der Waals surface area contributed by atoms with E-state index in [1.807, 2.05) is 42.5 Å². The zero-order chi connectivity index (χ0) is 15.0. The number of furan rings is 1. The van der Waals surface area contributed by atoms with E-state index in [4.69, 9.17) is 9.15 Å². The van der Waals surface area contributed by atoms with Crippen LogP contribution in [0.25, 0.3) is 0 Å². The Hall–Kier alpha value is -2.23. The van der Waals surface area contributed by atoms with Gasteiger partial charge in [0.05, 0.1) is 12.8 Å². The fourth-order valence-corrected chi connectivity index (χ4v) is 2.19. The van der Waals surface area contributed by atoms with Gasteiger partial charge in [-0.3, -0.25) is 0 Å². The van der Waals surface area contributed by atoms with Crippen molar-refractivity contribution < 1.29 is 21.6 Å². The first-order valence-electron chi connectivity index (χ1n) is 7.39. The summed E-state index contributed by atoms with van der Waals surface area (Å²) in [5, 5.41) is 3.35. The lowest BCUT2D eigenvalue weighted by molar-refractivity contribution is -0.00000532. The lowest BCUT2D eigenvalue weighted by atomic mass is 10.2. The van der Waals surface area contributed by atoms with Crippen LogP contribution < -0.4 is 22.5 Å². The number of rotatable bonds is 7. The van der Waals surface area contributed by atoms with Gasteiger partial charge in [0.15, 0.2) is 0 Å². The first-order valence-corrected chi connectivity index (χ1v) is 7.39. The minimum absolute atomic E-state index is 0. The van der Waals surface area contributed by atoms with E-state index < -0.39 is 0 Å². The Bertz CT molecular complexity index is 666. The molecule has 1 heterocycles. The summed E-state index contributed by atoms with van der Waals surface area (Å²) in [6.45, 7) is 2.13. The van der Waals surface area contributed by atoms with Crippen molar-refractivity contribution in [2.24, 2.45) is 0 Å². The fourth-order valence-electron chi connectivity index (χ4n) is 2.19. The number of ether oxygens (including phenoxy) is 1. The topological polar surface area (TPSA) is 34.4 Å². The predicted molar refractivity (Wildman–Crippen MR) is 86.5 cm³/mol. The molecule has 0 saturated heterocycles. The molecule has 0 bridgehead atoms. The van der Waals surface area contributed by atoms with E-state index in [9.17, 15) is 0 Å². The summed E-state index contributed by atoms with van der Waals surface area (Å²) in [6.07, 6.45) is 1.69. The molecule has 23 heavy (non-hydrogen) atoms. The van der Waals surface area contributed by atoms with Crippen LogP contribution >= 0.6 is 0 Å². The second-order valence-corrected chi connectivity index (χ2v) is 5.10. The highest BCUT2D eigenvalue weighted by molar-refractivity contribution is 5.27. The van der Waals surface area contributed by atoms with Gasteiger partial charge in [-0.2, -0.15) is 0 Å². The minimum atomic E-state index is 0. The minimum Gasteiger partial charge on any atom is -1.00 e. The van der Waals surface area contributed by atoms with Gasteiger partial charge in [0.25, 0.3) is 0 Å². The van der Waals surface area contributed by atoms with Crippen LogP contribution in [0, 0.1) is 0 Å². The van der Waals surface area contributed by atoms with Crippen LogP contribution in [-0.4, -0.2) is 0 Å². The van der Waals surface area contributed by atoms with Gasteiger partial charge in [0, 0.05) is 6.54 Å². The summed E-state index contributed by atoms with van der Waals surface area (Å²) in [4.78, 5) is 0. The van der Waals surface area contributed by atoms with E-state index in [2.05, 4.69) is 29.6 Å². The maximum atomic E-state index is 5.78. The van der Waals surface area contributed by atoms with E-state index >= 15 is 0 Å². The molecule has 0 aliphatic rings. The van der Waals surface area contributed by atoms with Gasteiger partial charge < -0.3 is 26.9 Å². The maximum absolute atomic E-state index is 5.78. The third kappa shape index (κ3) is 5.47. The van der Waals surface area contributed by atoms with Gasteiger partial charge in [0.1, 0.15) is 18.1 Å². The lowest BCUT2D eigenvalue weighted by Gasteiger charge is -2.08. The second-order valence-electron chi connectivity index (χ2n) is 5.10. The van der Waals surface area contributed by atoms with Crippen LogP contribution in [0.3, 0.4) is 0 Å². The maximum Gasteiger partial charge on any atom is 0.119 e. The second kappa shape index (κ2) is 9.03. The molecule has 120 valence electrons. The Morgan fingerprint density at radius 2 is 1.57 bits per heavy atom. The van der Waals surface area contributed by atoms with Crippen molar-refractivity contribution in [3.63, 3.8) is 0 Å². The first-order chi connectivity index (χ1) is 10.9. The standard InChI is InChI=1S/C19H19NO2.ClH/c1-2-5-17(6-3-1)15-22-18-10-8-16(9-11-18)13-20-14-19-7-4-12-21-19;/h1-12,20H,13-15H2;1H/p-1. The highest BCUT2D eigenvalue weighted by Gasteiger charge is 1.98. The van der Waals surface area contributed by atoms with Gasteiger partial charge >= 0.3 is 0 Å². The Morgan fingerprint density at radius 1 is 0.783 bits per heavy atom. The third-order valence-corrected chi connectivity index (χ3v) is 3.38. The quantitative estimate of drug-likeness (QED) is 0.706. The SMILES string of the molecule is [Cl-].c1ccc(COc2ccc(CNCc3ccco3)cc2)cc1. The normalized spacial score (nSPS) is 10.1. The van der Waals surface area contributed by atoms with Crippen molar-refractivity contribution in [2.75, 3.05) is 0 Å². The Balaban J connectivity index is 0.00000192. The highest BCUT2D eigenvalue weighted by Crippen LogP contribution is 2.14. The summed E-state index contributed by atoms with van der Waals surface area (Å²) in [5.74, 6) is 1.83. The Kier molecular flexibility index (Phi) is 6.73. The average Bonchev–Trinajstić information content (AvgIpc) is 3.08. The Morgan fingerprint density at radius 3 is 2.26 bits per heavy atom. The molecule has 0 atom stereocenters. The third-order valence-electron chi connectivity index (χ3n) is 3.38. The van der Waals surface area contributed by atoms with Crippen LogP contribution in [0.4, 0.5) is 0 Å². The van der Waals surface area contributed by atoms with Crippen molar-refractivity contribution in [1.82, 2.24) is 5.32 Å². The van der Waals surface area contributed by atoms with Crippen LogP contribution in [0.1, 0.15) is 16.9 Å². The molecule has 0 amide bonds. The van der Waals surface area contributed by atoms with E-state index in [0.717, 1.165) is 24.6 Å². The lowest BCUT2D eigenvalue weighted by Crippen LogP contribution is -3.00. The summed E-state index contributed by atoms with van der Waals surface area (Å²) in [6, 6.07) is 22.2. The van der Waals surface area contributed by atoms with Gasteiger partial charge in [-0.1, -0.05) is 42.5 Å². The smallest absolute Gasteiger partial charge is 0.119 e. The zero-order valence-electron chi connectivity index (χ0n) is 12.7. The highest BCUT2D eigenvalue weighted by atomic mass is 35.5. The van der Waals surface area contributed by atoms with E-state index in [-0.39, 0.29) is 12.4 Å². The molecule has 1 aromatic heterocycles. The summed E-state index contributed by atoms with van der Waals surface area (Å²) in [5.41, 5.74) is 2.39. The number of nitrogens with one attached hydrogen (secondary N) is 1. The van der Waals surface area contributed by atoms with Gasteiger partial charge in [-0.05, 0) is 35.4 Å². The molecular weight excluding hydrogens is 310 g/mol. The molecule has 3 rings (SSSR count). The molecule has 3 aromatic rings. The number of benzene rings is 2. The molecule has 0 unspecified atom stereocenters. The van der Waals surface area contributed by atoms with Gasteiger partial charge in [0.2, 0.25) is 0 Å². The average molecular weight is 329 g/mol. The number of halogens is 1. The molecule has 0 fully saturated rings. The van der Waals surface area contributed by atoms with Gasteiger partial charge in [-0.15, -0.1) is 0 Å². The molecule has 0 aliphatic carbocycles. The molecule has 2 aromatic carbocycles. The van der Waals surface area contributed by atoms with E-state index in [0.29, 0.717) is 6.61 Å². The van der Waals surface area contributed by atoms with E-state index in [1.54, 1.807) is 6.26 Å². The van der Waals surface area contributed by atoms with Crippen LogP contribution in [0.2, 0.25) is 0 Å². The van der Waals surface area contributed by atoms with Crippen molar-refractivity contribution >= 4 is 0 Å². The number of hydrogen-bond acceptors (Lipinski definition) is 3. The Labute approximate surface area is 142 Å². The fraction of sp³-hybridized carbons (Fsp3) is 0.158. The molecule has 4 heteroatoms.